The summed E-state index contributed by atoms with van der Waals surface area (Å²) in [7, 11) is 0. The van der Waals surface area contributed by atoms with Crippen LogP contribution in [0.15, 0.2) is 0 Å². The molecular formula is C16H33Na. The van der Waals surface area contributed by atoms with Gasteiger partial charge in [0.15, 0.2) is 0 Å². The van der Waals surface area contributed by atoms with Gasteiger partial charge in [-0.1, -0.05) is 26.2 Å². The molecule has 0 heterocycles. The van der Waals surface area contributed by atoms with Gasteiger partial charge in [0, 0.05) is 0 Å². The summed E-state index contributed by atoms with van der Waals surface area (Å²) in [5, 5.41) is 0. The molecule has 0 spiro atoms. The summed E-state index contributed by atoms with van der Waals surface area (Å²) in [6.07, 6.45) is 20.7. The van der Waals surface area contributed by atoms with Crippen LogP contribution in [0.3, 0.4) is 0 Å². The first-order valence-electron chi connectivity index (χ1n) is 8.41. The molecule has 1 heteroatoms. The molecule has 0 N–H and O–H groups in total. The van der Waals surface area contributed by atoms with Crippen LogP contribution in [0.25, 0.3) is 0 Å². The molecule has 0 aliphatic rings. The summed E-state index contributed by atoms with van der Waals surface area (Å²) < 4.78 is 1.51. The fourth-order valence-electron chi connectivity index (χ4n) is 2.44. The van der Waals surface area contributed by atoms with Crippen LogP contribution in [-0.4, -0.2) is 27.9 Å². The van der Waals surface area contributed by atoms with Gasteiger partial charge in [0.05, 0.1) is 0 Å². The van der Waals surface area contributed by atoms with E-state index in [1.807, 2.05) is 0 Å². The normalized spacial score (nSPS) is 11.0. The number of hydrogen-bond acceptors (Lipinski definition) is 0. The second kappa shape index (κ2) is 17.0. The molecule has 0 aromatic heterocycles. The van der Waals surface area contributed by atoms with Crippen LogP contribution in [0, 0.1) is 0 Å². The summed E-state index contributed by atoms with van der Waals surface area (Å²) in [4.78, 5) is 0. The Labute approximate surface area is 128 Å². The fraction of sp³-hybridized carbons (Fsp3) is 1.00. The topological polar surface area (TPSA) is 0 Å². The molecular weight excluding hydrogens is 215 g/mol. The molecule has 0 bridgehead atoms. The fourth-order valence-corrected chi connectivity index (χ4v) is 2.94. The van der Waals surface area contributed by atoms with E-state index in [1.54, 1.807) is 0 Å². The van der Waals surface area contributed by atoms with Gasteiger partial charge in [-0.25, -0.2) is 0 Å². The van der Waals surface area contributed by atoms with Crippen molar-refractivity contribution in [1.82, 2.24) is 0 Å². The molecule has 0 saturated heterocycles. The first-order chi connectivity index (χ1) is 8.41. The van der Waals surface area contributed by atoms with Gasteiger partial charge in [0.25, 0.3) is 0 Å². The Balaban J connectivity index is 2.85. The van der Waals surface area contributed by atoms with E-state index in [0.717, 1.165) is 0 Å². The molecule has 0 aromatic carbocycles. The third-order valence-corrected chi connectivity index (χ3v) is 4.41. The zero-order valence-corrected chi connectivity index (χ0v) is 14.6. The first-order valence-corrected chi connectivity index (χ1v) is 9.83. The van der Waals surface area contributed by atoms with Crippen molar-refractivity contribution in [3.8, 4) is 0 Å². The monoisotopic (exact) mass is 248 g/mol. The molecule has 0 aliphatic carbocycles. The standard InChI is InChI=1S/C16H33.Na/c1-3-5-7-9-11-13-15-16-14-12-10-8-6-4-2;/h1,3-16H2,2H3;. The van der Waals surface area contributed by atoms with Gasteiger partial charge < -0.3 is 0 Å². The molecule has 0 rings (SSSR count). The van der Waals surface area contributed by atoms with Gasteiger partial charge in [-0.05, 0) is 0 Å². The van der Waals surface area contributed by atoms with E-state index in [2.05, 4.69) is 6.92 Å². The van der Waals surface area contributed by atoms with Crippen LogP contribution >= 0.6 is 0 Å². The minimum absolute atomic E-state index is 1.38. The average molecular weight is 248 g/mol. The van der Waals surface area contributed by atoms with E-state index in [-0.39, 0.29) is 0 Å². The second-order valence-electron chi connectivity index (χ2n) is 5.60. The van der Waals surface area contributed by atoms with Gasteiger partial charge in [0.2, 0.25) is 0 Å². The third kappa shape index (κ3) is 17.0. The van der Waals surface area contributed by atoms with Gasteiger partial charge in [-0.2, -0.15) is 0 Å². The molecule has 98 valence electrons. The van der Waals surface area contributed by atoms with Gasteiger partial charge in [-0.15, -0.1) is 0 Å². The molecule has 0 atom stereocenters. The zero-order valence-electron chi connectivity index (χ0n) is 12.6. The van der Waals surface area contributed by atoms with E-state index < -0.39 is 0 Å². The molecule has 0 nitrogen and oxygen atoms in total. The average Bonchev–Trinajstić information content (AvgIpc) is 2.35. The van der Waals surface area contributed by atoms with Crippen LogP contribution in [0.4, 0.5) is 0 Å². The van der Waals surface area contributed by atoms with Gasteiger partial charge in [0.1, 0.15) is 0 Å². The van der Waals surface area contributed by atoms with Crippen molar-refractivity contribution in [2.45, 2.75) is 100 Å². The van der Waals surface area contributed by atoms with E-state index >= 15 is 0 Å². The molecule has 0 aromatic rings. The predicted octanol–water partition coefficient (Wildman–Crippen LogP) is 6.05. The Hall–Kier alpha value is 1.00. The minimum atomic E-state index is 1.38. The van der Waals surface area contributed by atoms with Crippen molar-refractivity contribution >= 4 is 27.9 Å². The molecule has 0 amide bonds. The van der Waals surface area contributed by atoms with Gasteiger partial charge in [-0.3, -0.25) is 0 Å². The number of hydrogen-bond donors (Lipinski definition) is 0. The Morgan fingerprint density at radius 2 is 0.765 bits per heavy atom. The van der Waals surface area contributed by atoms with Crippen molar-refractivity contribution in [1.29, 1.82) is 0 Å². The number of unbranched alkanes of at least 4 members (excludes halogenated alkanes) is 13. The molecule has 0 aliphatic heterocycles. The molecule has 17 heavy (non-hydrogen) atoms. The molecule has 0 radical (unpaired) electrons. The maximum absolute atomic E-state index is 2.29. The number of rotatable bonds is 14. The zero-order chi connectivity index (χ0) is 12.6. The van der Waals surface area contributed by atoms with E-state index in [1.165, 1.54) is 121 Å². The van der Waals surface area contributed by atoms with Crippen molar-refractivity contribution < 1.29 is 0 Å². The van der Waals surface area contributed by atoms with Crippen molar-refractivity contribution in [2.24, 2.45) is 0 Å². The SMILES string of the molecule is CCCCCCCCCCCCCCC[CH2][Na]. The summed E-state index contributed by atoms with van der Waals surface area (Å²) in [5.41, 5.74) is 0. The van der Waals surface area contributed by atoms with Crippen LogP contribution in [0.1, 0.15) is 96.8 Å². The van der Waals surface area contributed by atoms with Crippen LogP contribution in [0.5, 0.6) is 0 Å². The van der Waals surface area contributed by atoms with Crippen molar-refractivity contribution in [2.75, 3.05) is 0 Å². The molecule has 0 unspecified atom stereocenters. The summed E-state index contributed by atoms with van der Waals surface area (Å²) in [5.74, 6) is 0. The third-order valence-electron chi connectivity index (χ3n) is 3.71. The summed E-state index contributed by atoms with van der Waals surface area (Å²) in [6, 6.07) is 0. The van der Waals surface area contributed by atoms with Crippen LogP contribution in [0.2, 0.25) is 3.67 Å². The van der Waals surface area contributed by atoms with Crippen molar-refractivity contribution in [3.05, 3.63) is 0 Å². The summed E-state index contributed by atoms with van der Waals surface area (Å²) in [6.45, 7) is 2.29. The Bertz CT molecular complexity index is 109. The first kappa shape index (κ1) is 18.0. The van der Waals surface area contributed by atoms with E-state index in [0.29, 0.717) is 0 Å². The Morgan fingerprint density at radius 1 is 0.471 bits per heavy atom. The molecule has 0 saturated carbocycles. The predicted molar refractivity (Wildman–Crippen MR) is 80.9 cm³/mol. The Kier molecular flexibility index (Phi) is 18.0. The van der Waals surface area contributed by atoms with Crippen LogP contribution in [-0.2, 0) is 0 Å². The van der Waals surface area contributed by atoms with E-state index in [9.17, 15) is 0 Å². The molecule has 0 fully saturated rings. The quantitative estimate of drug-likeness (QED) is 0.259. The summed E-state index contributed by atoms with van der Waals surface area (Å²) >= 11 is 1.41. The Morgan fingerprint density at radius 3 is 1.06 bits per heavy atom. The van der Waals surface area contributed by atoms with Crippen LogP contribution < -0.4 is 0 Å². The van der Waals surface area contributed by atoms with Gasteiger partial charge >= 0.3 is 102 Å². The maximum atomic E-state index is 2.29. The van der Waals surface area contributed by atoms with Crippen molar-refractivity contribution in [3.63, 3.8) is 0 Å². The second-order valence-corrected chi connectivity index (χ2v) is 6.60. The van der Waals surface area contributed by atoms with E-state index in [4.69, 9.17) is 0 Å².